The molecule has 3 rings (SSSR count). The Bertz CT molecular complexity index is 1130. The molecule has 0 aromatic heterocycles. The molecule has 0 radical (unpaired) electrons. The zero-order chi connectivity index (χ0) is 24.9. The van der Waals surface area contributed by atoms with Crippen molar-refractivity contribution in [1.82, 2.24) is 9.80 Å². The van der Waals surface area contributed by atoms with Crippen molar-refractivity contribution >= 4 is 43.6 Å². The van der Waals surface area contributed by atoms with Gasteiger partial charge in [-0.25, -0.2) is 13.2 Å². The average Bonchev–Trinajstić information content (AvgIpc) is 2.83. The van der Waals surface area contributed by atoms with Gasteiger partial charge in [0.25, 0.3) is 10.0 Å². The van der Waals surface area contributed by atoms with Gasteiger partial charge in [0.05, 0.1) is 28.8 Å². The molecule has 1 aliphatic heterocycles. The van der Waals surface area contributed by atoms with Crippen molar-refractivity contribution in [2.45, 2.75) is 18.7 Å². The number of aryl methyl sites for hydroxylation is 1. The third kappa shape index (κ3) is 5.82. The van der Waals surface area contributed by atoms with Crippen LogP contribution in [0.15, 0.2) is 51.8 Å². The molecule has 11 heteroatoms. The van der Waals surface area contributed by atoms with Gasteiger partial charge < -0.3 is 19.3 Å². The molecule has 0 unspecified atom stereocenters. The molecule has 0 aliphatic carbocycles. The Morgan fingerprint density at radius 1 is 1.03 bits per heavy atom. The van der Waals surface area contributed by atoms with Crippen molar-refractivity contribution in [3.63, 3.8) is 0 Å². The quantitative estimate of drug-likeness (QED) is 0.522. The molecule has 2 amide bonds. The number of hydrogen-bond donors (Lipinski definition) is 0. The second-order valence-corrected chi connectivity index (χ2v) is 10.4. The van der Waals surface area contributed by atoms with Crippen LogP contribution >= 0.6 is 15.9 Å². The van der Waals surface area contributed by atoms with Crippen LogP contribution in [0.4, 0.5) is 10.5 Å². The van der Waals surface area contributed by atoms with Crippen molar-refractivity contribution in [1.29, 1.82) is 0 Å². The summed E-state index contributed by atoms with van der Waals surface area (Å²) in [4.78, 5) is 28.2. The highest BCUT2D eigenvalue weighted by Crippen LogP contribution is 2.31. The molecular formula is C23H28BrN3O6S. The molecule has 0 bridgehead atoms. The second kappa shape index (κ2) is 11.1. The first-order chi connectivity index (χ1) is 16.2. The minimum Gasteiger partial charge on any atom is -0.496 e. The highest BCUT2D eigenvalue weighted by atomic mass is 79.9. The number of benzene rings is 2. The number of sulfonamides is 1. The van der Waals surface area contributed by atoms with E-state index in [0.29, 0.717) is 42.1 Å². The largest absolute Gasteiger partial charge is 0.496 e. The number of amides is 2. The molecule has 0 spiro atoms. The van der Waals surface area contributed by atoms with Crippen molar-refractivity contribution < 1.29 is 27.5 Å². The lowest BCUT2D eigenvalue weighted by atomic mass is 10.2. The first-order valence-corrected chi connectivity index (χ1v) is 13.0. The maximum absolute atomic E-state index is 13.6. The fourth-order valence-corrected chi connectivity index (χ4v) is 5.67. The van der Waals surface area contributed by atoms with Crippen molar-refractivity contribution in [2.24, 2.45) is 0 Å². The van der Waals surface area contributed by atoms with Crippen LogP contribution in [-0.4, -0.2) is 76.7 Å². The summed E-state index contributed by atoms with van der Waals surface area (Å²) in [5.74, 6) is 0.150. The fraction of sp³-hybridized carbons (Fsp3) is 0.391. The van der Waals surface area contributed by atoms with E-state index in [9.17, 15) is 18.0 Å². The van der Waals surface area contributed by atoms with Gasteiger partial charge in [-0.05, 0) is 60.1 Å². The lowest BCUT2D eigenvalue weighted by Gasteiger charge is -2.35. The van der Waals surface area contributed by atoms with Crippen LogP contribution in [0.2, 0.25) is 0 Å². The molecule has 0 saturated carbocycles. The van der Waals surface area contributed by atoms with E-state index in [4.69, 9.17) is 9.47 Å². The van der Waals surface area contributed by atoms with E-state index >= 15 is 0 Å². The van der Waals surface area contributed by atoms with E-state index in [1.165, 1.54) is 24.1 Å². The molecule has 0 N–H and O–H groups in total. The molecular weight excluding hydrogens is 526 g/mol. The average molecular weight is 554 g/mol. The highest BCUT2D eigenvalue weighted by Gasteiger charge is 2.31. The monoisotopic (exact) mass is 553 g/mol. The predicted octanol–water partition coefficient (Wildman–Crippen LogP) is 3.26. The van der Waals surface area contributed by atoms with Crippen molar-refractivity contribution in [3.05, 3.63) is 52.5 Å². The molecule has 1 fully saturated rings. The lowest BCUT2D eigenvalue weighted by Crippen LogP contribution is -2.53. The number of anilines is 1. The Morgan fingerprint density at radius 3 is 2.21 bits per heavy atom. The zero-order valence-electron chi connectivity index (χ0n) is 19.4. The molecule has 2 aromatic carbocycles. The van der Waals surface area contributed by atoms with E-state index in [-0.39, 0.29) is 24.0 Å². The molecule has 1 saturated heterocycles. The number of ether oxygens (including phenoxy) is 2. The summed E-state index contributed by atoms with van der Waals surface area (Å²) in [6.45, 7) is 4.80. The van der Waals surface area contributed by atoms with Gasteiger partial charge in [-0.3, -0.25) is 9.10 Å². The van der Waals surface area contributed by atoms with Crippen LogP contribution in [0.1, 0.15) is 12.5 Å². The first-order valence-electron chi connectivity index (χ1n) is 10.8. The number of rotatable bonds is 7. The number of carbonyl (C=O) groups excluding carboxylic acids is 2. The van der Waals surface area contributed by atoms with Crippen LogP contribution in [0.5, 0.6) is 5.75 Å². The van der Waals surface area contributed by atoms with Gasteiger partial charge >= 0.3 is 6.09 Å². The molecule has 1 aliphatic rings. The molecule has 9 nitrogen and oxygen atoms in total. The lowest BCUT2D eigenvalue weighted by molar-refractivity contribution is -0.131. The molecule has 1 heterocycles. The van der Waals surface area contributed by atoms with Gasteiger partial charge in [0, 0.05) is 26.2 Å². The van der Waals surface area contributed by atoms with Gasteiger partial charge in [-0.1, -0.05) is 17.7 Å². The van der Waals surface area contributed by atoms with E-state index in [1.807, 2.05) is 6.92 Å². The van der Waals surface area contributed by atoms with E-state index in [1.54, 1.807) is 42.2 Å². The van der Waals surface area contributed by atoms with Crippen molar-refractivity contribution in [2.75, 3.05) is 50.7 Å². The molecule has 0 atom stereocenters. The maximum atomic E-state index is 13.6. The number of carbonyl (C=O) groups is 2. The third-order valence-corrected chi connectivity index (χ3v) is 7.86. The Morgan fingerprint density at radius 2 is 1.65 bits per heavy atom. The van der Waals surface area contributed by atoms with Crippen LogP contribution in [0.25, 0.3) is 0 Å². The third-order valence-electron chi connectivity index (χ3n) is 5.47. The van der Waals surface area contributed by atoms with Crippen molar-refractivity contribution in [3.8, 4) is 5.75 Å². The minimum atomic E-state index is -4.06. The Labute approximate surface area is 208 Å². The van der Waals surface area contributed by atoms with E-state index < -0.39 is 16.1 Å². The topological polar surface area (TPSA) is 96.5 Å². The standard InChI is InChI=1S/C23H28BrN3O6S/c1-4-33-23(29)26-13-11-25(12-14-26)22(28)16-27(18-7-5-17(2)6-8-18)34(30,31)19-9-10-21(32-3)20(24)15-19/h5-10,15H,4,11-14,16H2,1-3H3. The summed E-state index contributed by atoms with van der Waals surface area (Å²) in [6, 6.07) is 11.4. The van der Waals surface area contributed by atoms with E-state index in [0.717, 1.165) is 9.87 Å². The predicted molar refractivity (Wildman–Crippen MR) is 132 cm³/mol. The summed E-state index contributed by atoms with van der Waals surface area (Å²) in [5, 5.41) is 0. The molecule has 184 valence electrons. The minimum absolute atomic E-state index is 0.0284. The van der Waals surface area contributed by atoms with Gasteiger partial charge in [-0.2, -0.15) is 0 Å². The summed E-state index contributed by atoms with van der Waals surface area (Å²) < 4.78 is 39.1. The van der Waals surface area contributed by atoms with Gasteiger partial charge in [-0.15, -0.1) is 0 Å². The number of halogens is 1. The summed E-state index contributed by atoms with van der Waals surface area (Å²) in [5.41, 5.74) is 1.35. The zero-order valence-corrected chi connectivity index (χ0v) is 21.8. The highest BCUT2D eigenvalue weighted by molar-refractivity contribution is 9.10. The summed E-state index contributed by atoms with van der Waals surface area (Å²) in [7, 11) is -2.57. The fourth-order valence-electron chi connectivity index (χ4n) is 3.54. The van der Waals surface area contributed by atoms with Crippen LogP contribution in [0, 0.1) is 6.92 Å². The Kier molecular flexibility index (Phi) is 8.42. The second-order valence-electron chi connectivity index (χ2n) is 7.71. The maximum Gasteiger partial charge on any atom is 0.409 e. The van der Waals surface area contributed by atoms with Gasteiger partial charge in [0.1, 0.15) is 12.3 Å². The summed E-state index contributed by atoms with van der Waals surface area (Å²) in [6.07, 6.45) is -0.413. The van der Waals surface area contributed by atoms with Crippen LogP contribution < -0.4 is 9.04 Å². The molecule has 2 aromatic rings. The number of piperazine rings is 1. The molecule has 34 heavy (non-hydrogen) atoms. The Hall–Kier alpha value is -2.79. The van der Waals surface area contributed by atoms with Gasteiger partial charge in [0.2, 0.25) is 5.91 Å². The smallest absolute Gasteiger partial charge is 0.409 e. The summed E-state index contributed by atoms with van der Waals surface area (Å²) >= 11 is 3.33. The van der Waals surface area contributed by atoms with E-state index in [2.05, 4.69) is 15.9 Å². The normalized spacial score (nSPS) is 14.0. The van der Waals surface area contributed by atoms with Crippen LogP contribution in [0.3, 0.4) is 0 Å². The number of methoxy groups -OCH3 is 1. The number of nitrogens with zero attached hydrogens (tertiary/aromatic N) is 3. The SMILES string of the molecule is CCOC(=O)N1CCN(C(=O)CN(c2ccc(C)cc2)S(=O)(=O)c2ccc(OC)c(Br)c2)CC1. The van der Waals surface area contributed by atoms with Gasteiger partial charge in [0.15, 0.2) is 0 Å². The Balaban J connectivity index is 1.84. The number of hydrogen-bond acceptors (Lipinski definition) is 6. The first kappa shape index (κ1) is 25.8. The van der Waals surface area contributed by atoms with Crippen LogP contribution in [-0.2, 0) is 19.6 Å².